The van der Waals surface area contributed by atoms with Crippen molar-refractivity contribution in [1.82, 2.24) is 20.2 Å². The first-order valence-corrected chi connectivity index (χ1v) is 6.51. The van der Waals surface area contributed by atoms with Gasteiger partial charge in [-0.25, -0.2) is 9.07 Å². The van der Waals surface area contributed by atoms with Gasteiger partial charge in [0.2, 0.25) is 0 Å². The predicted molar refractivity (Wildman–Crippen MR) is 74.9 cm³/mol. The van der Waals surface area contributed by atoms with Crippen LogP contribution in [0.5, 0.6) is 5.75 Å². The Labute approximate surface area is 124 Å². The lowest BCUT2D eigenvalue weighted by Crippen LogP contribution is -2.01. The third-order valence-electron chi connectivity index (χ3n) is 2.88. The fraction of sp³-hybridized carbons (Fsp3) is 0.0714. The molecule has 0 bridgehead atoms. The average Bonchev–Trinajstić information content (AvgIpc) is 3.01. The molecule has 1 heterocycles. The third-order valence-corrected chi connectivity index (χ3v) is 3.23. The fourth-order valence-corrected chi connectivity index (χ4v) is 2.04. The molecule has 5 nitrogen and oxygen atoms in total. The van der Waals surface area contributed by atoms with Gasteiger partial charge in [0.15, 0.2) is 0 Å². The van der Waals surface area contributed by atoms with Gasteiger partial charge in [0.05, 0.1) is 10.7 Å². The van der Waals surface area contributed by atoms with Gasteiger partial charge in [-0.15, -0.1) is 5.10 Å². The van der Waals surface area contributed by atoms with E-state index in [0.717, 1.165) is 5.69 Å². The first kappa shape index (κ1) is 13.5. The first-order chi connectivity index (χ1) is 10.2. The summed E-state index contributed by atoms with van der Waals surface area (Å²) < 4.78 is 20.7. The van der Waals surface area contributed by atoms with Crippen molar-refractivity contribution in [2.45, 2.75) is 6.61 Å². The van der Waals surface area contributed by atoms with Gasteiger partial charge in [0.1, 0.15) is 24.5 Å². The van der Waals surface area contributed by atoms with Crippen molar-refractivity contribution in [2.24, 2.45) is 0 Å². The van der Waals surface area contributed by atoms with Crippen molar-refractivity contribution < 1.29 is 9.13 Å². The lowest BCUT2D eigenvalue weighted by molar-refractivity contribution is 0.300. The highest BCUT2D eigenvalue weighted by atomic mass is 35.5. The van der Waals surface area contributed by atoms with E-state index in [2.05, 4.69) is 15.5 Å². The van der Waals surface area contributed by atoms with Crippen molar-refractivity contribution in [3.05, 3.63) is 65.2 Å². The SMILES string of the molecule is Fc1cccc(Cl)c1COc1cccc(-n2cnnn2)c1. The molecule has 0 unspecified atom stereocenters. The maximum Gasteiger partial charge on any atom is 0.143 e. The van der Waals surface area contributed by atoms with Crippen LogP contribution >= 0.6 is 11.6 Å². The predicted octanol–water partition coefficient (Wildman–Crippen LogP) is 3.03. The standard InChI is InChI=1S/C14H10ClFN4O/c15-13-5-2-6-14(16)12(13)8-21-11-4-1-3-10(7-11)20-9-17-18-19-20/h1-7,9H,8H2. The molecule has 2 aromatic carbocycles. The molecule has 0 radical (unpaired) electrons. The quantitative estimate of drug-likeness (QED) is 0.743. The highest BCUT2D eigenvalue weighted by Crippen LogP contribution is 2.22. The Balaban J connectivity index is 1.78. The van der Waals surface area contributed by atoms with Gasteiger partial charge >= 0.3 is 0 Å². The van der Waals surface area contributed by atoms with E-state index in [1.54, 1.807) is 30.3 Å². The Morgan fingerprint density at radius 3 is 2.81 bits per heavy atom. The van der Waals surface area contributed by atoms with Crippen LogP contribution in [0.4, 0.5) is 4.39 Å². The Morgan fingerprint density at radius 2 is 2.05 bits per heavy atom. The van der Waals surface area contributed by atoms with Crippen LogP contribution in [0.2, 0.25) is 5.02 Å². The van der Waals surface area contributed by atoms with Crippen LogP contribution < -0.4 is 4.74 Å². The van der Waals surface area contributed by atoms with Crippen molar-refractivity contribution >= 4 is 11.6 Å². The molecule has 0 amide bonds. The summed E-state index contributed by atoms with van der Waals surface area (Å²) >= 11 is 5.96. The molecule has 0 saturated carbocycles. The summed E-state index contributed by atoms with van der Waals surface area (Å²) in [4.78, 5) is 0. The molecule has 0 saturated heterocycles. The molecular formula is C14H10ClFN4O. The number of ether oxygens (including phenoxy) is 1. The number of benzene rings is 2. The van der Waals surface area contributed by atoms with Gasteiger partial charge in [-0.1, -0.05) is 23.7 Å². The van der Waals surface area contributed by atoms with E-state index in [0.29, 0.717) is 16.3 Å². The summed E-state index contributed by atoms with van der Waals surface area (Å²) in [5, 5.41) is 11.3. The number of rotatable bonds is 4. The molecule has 0 N–H and O–H groups in total. The molecule has 0 aliphatic rings. The van der Waals surface area contributed by atoms with Crippen LogP contribution in [-0.4, -0.2) is 20.2 Å². The van der Waals surface area contributed by atoms with Gasteiger partial charge < -0.3 is 4.74 Å². The van der Waals surface area contributed by atoms with Crippen molar-refractivity contribution in [2.75, 3.05) is 0 Å². The van der Waals surface area contributed by atoms with Gasteiger partial charge in [0.25, 0.3) is 0 Å². The molecule has 3 aromatic rings. The Morgan fingerprint density at radius 1 is 1.19 bits per heavy atom. The molecule has 21 heavy (non-hydrogen) atoms. The zero-order valence-electron chi connectivity index (χ0n) is 10.8. The van der Waals surface area contributed by atoms with E-state index < -0.39 is 0 Å². The minimum Gasteiger partial charge on any atom is -0.489 e. The second-order valence-electron chi connectivity index (χ2n) is 4.24. The molecule has 0 aliphatic carbocycles. The largest absolute Gasteiger partial charge is 0.489 e. The Kier molecular flexibility index (Phi) is 3.79. The number of halogens is 2. The molecule has 3 rings (SSSR count). The van der Waals surface area contributed by atoms with Crippen molar-refractivity contribution in [1.29, 1.82) is 0 Å². The number of tetrazole rings is 1. The van der Waals surface area contributed by atoms with Gasteiger partial charge in [-0.3, -0.25) is 0 Å². The van der Waals surface area contributed by atoms with E-state index in [9.17, 15) is 4.39 Å². The van der Waals surface area contributed by atoms with Crippen LogP contribution in [0.1, 0.15) is 5.56 Å². The monoisotopic (exact) mass is 304 g/mol. The third kappa shape index (κ3) is 3.00. The lowest BCUT2D eigenvalue weighted by Gasteiger charge is -2.09. The van der Waals surface area contributed by atoms with Crippen molar-refractivity contribution in [3.63, 3.8) is 0 Å². The lowest BCUT2D eigenvalue weighted by atomic mass is 10.2. The molecule has 1 aromatic heterocycles. The molecule has 106 valence electrons. The van der Waals surface area contributed by atoms with Crippen LogP contribution in [0.15, 0.2) is 48.8 Å². The van der Waals surface area contributed by atoms with E-state index in [4.69, 9.17) is 16.3 Å². The molecule has 0 fully saturated rings. The van der Waals surface area contributed by atoms with Gasteiger partial charge in [-0.05, 0) is 34.7 Å². The molecular weight excluding hydrogens is 295 g/mol. The minimum absolute atomic E-state index is 0.0462. The number of hydrogen-bond acceptors (Lipinski definition) is 4. The zero-order valence-corrected chi connectivity index (χ0v) is 11.5. The van der Waals surface area contributed by atoms with Crippen LogP contribution in [-0.2, 0) is 6.61 Å². The second kappa shape index (κ2) is 5.88. The molecule has 0 aliphatic heterocycles. The van der Waals surface area contributed by atoms with E-state index in [-0.39, 0.29) is 12.4 Å². The topological polar surface area (TPSA) is 52.8 Å². The fourth-order valence-electron chi connectivity index (χ4n) is 1.82. The number of nitrogens with zero attached hydrogens (tertiary/aromatic N) is 4. The van der Waals surface area contributed by atoms with Gasteiger partial charge in [-0.2, -0.15) is 0 Å². The summed E-state index contributed by atoms with van der Waals surface area (Å²) in [6, 6.07) is 11.7. The maximum absolute atomic E-state index is 13.7. The molecule has 0 atom stereocenters. The Hall–Kier alpha value is -2.47. The summed E-state index contributed by atoms with van der Waals surface area (Å²) in [5.74, 6) is 0.182. The average molecular weight is 305 g/mol. The normalized spacial score (nSPS) is 10.6. The first-order valence-electron chi connectivity index (χ1n) is 6.13. The Bertz CT molecular complexity index is 728. The van der Waals surface area contributed by atoms with E-state index in [1.165, 1.54) is 17.1 Å². The maximum atomic E-state index is 13.7. The van der Waals surface area contributed by atoms with Gasteiger partial charge in [0, 0.05) is 11.6 Å². The van der Waals surface area contributed by atoms with Crippen LogP contribution in [0.3, 0.4) is 0 Å². The van der Waals surface area contributed by atoms with Crippen LogP contribution in [0, 0.1) is 5.82 Å². The van der Waals surface area contributed by atoms with E-state index >= 15 is 0 Å². The smallest absolute Gasteiger partial charge is 0.143 e. The summed E-state index contributed by atoms with van der Waals surface area (Å²) in [6.45, 7) is 0.0462. The minimum atomic E-state index is -0.390. The summed E-state index contributed by atoms with van der Waals surface area (Å²) in [6.07, 6.45) is 1.48. The number of aromatic nitrogens is 4. The summed E-state index contributed by atoms with van der Waals surface area (Å²) in [7, 11) is 0. The van der Waals surface area contributed by atoms with Crippen LogP contribution in [0.25, 0.3) is 5.69 Å². The number of hydrogen-bond donors (Lipinski definition) is 0. The zero-order chi connectivity index (χ0) is 14.7. The summed E-state index contributed by atoms with van der Waals surface area (Å²) in [5.41, 5.74) is 1.07. The van der Waals surface area contributed by atoms with E-state index in [1.807, 2.05) is 6.07 Å². The molecule has 0 spiro atoms. The van der Waals surface area contributed by atoms with Crippen molar-refractivity contribution in [3.8, 4) is 11.4 Å². The highest BCUT2D eigenvalue weighted by Gasteiger charge is 2.08. The molecule has 7 heteroatoms. The highest BCUT2D eigenvalue weighted by molar-refractivity contribution is 6.31. The second-order valence-corrected chi connectivity index (χ2v) is 4.65.